The van der Waals surface area contributed by atoms with E-state index in [2.05, 4.69) is 10.6 Å². The van der Waals surface area contributed by atoms with Gasteiger partial charge in [-0.25, -0.2) is 0 Å². The summed E-state index contributed by atoms with van der Waals surface area (Å²) < 4.78 is 10.9. The zero-order valence-electron chi connectivity index (χ0n) is 18.7. The lowest BCUT2D eigenvalue weighted by Gasteiger charge is -2.17. The molecule has 6 nitrogen and oxygen atoms in total. The van der Waals surface area contributed by atoms with Gasteiger partial charge in [0.25, 0.3) is 5.91 Å². The Kier molecular flexibility index (Phi) is 5.29. The summed E-state index contributed by atoms with van der Waals surface area (Å²) >= 11 is 0. The van der Waals surface area contributed by atoms with E-state index < -0.39 is 5.41 Å². The zero-order chi connectivity index (χ0) is 23.0. The van der Waals surface area contributed by atoms with E-state index >= 15 is 0 Å². The summed E-state index contributed by atoms with van der Waals surface area (Å²) in [5.41, 5.74) is 4.91. The molecule has 3 aromatic rings. The third-order valence-corrected chi connectivity index (χ3v) is 6.40. The number of anilines is 1. The van der Waals surface area contributed by atoms with Gasteiger partial charge in [0.15, 0.2) is 11.5 Å². The smallest absolute Gasteiger partial charge is 0.251 e. The van der Waals surface area contributed by atoms with Gasteiger partial charge < -0.3 is 20.1 Å². The predicted octanol–water partition coefficient (Wildman–Crippen LogP) is 5.30. The molecular weight excluding hydrogens is 416 g/mol. The fourth-order valence-corrected chi connectivity index (χ4v) is 4.29. The fourth-order valence-electron chi connectivity index (χ4n) is 4.29. The minimum atomic E-state index is -0.527. The maximum absolute atomic E-state index is 13.3. The summed E-state index contributed by atoms with van der Waals surface area (Å²) in [7, 11) is 0. The van der Waals surface area contributed by atoms with Crippen molar-refractivity contribution in [3.05, 3.63) is 77.4 Å². The molecule has 0 saturated heterocycles. The summed E-state index contributed by atoms with van der Waals surface area (Å²) in [6.07, 6.45) is 1.61. The number of rotatable bonds is 6. The number of hydrogen-bond donors (Lipinski definition) is 2. The number of carbonyl (C=O) groups excluding carboxylic acids is 2. The molecule has 1 aliphatic heterocycles. The summed E-state index contributed by atoms with van der Waals surface area (Å²) in [5.74, 6) is 1.32. The minimum absolute atomic E-state index is 0. The van der Waals surface area contributed by atoms with Crippen LogP contribution in [0.5, 0.6) is 11.5 Å². The van der Waals surface area contributed by atoms with Crippen molar-refractivity contribution in [2.75, 3.05) is 18.7 Å². The van der Waals surface area contributed by atoms with Crippen LogP contribution >= 0.6 is 0 Å². The first kappa shape index (κ1) is 21.1. The van der Waals surface area contributed by atoms with E-state index in [1.54, 1.807) is 0 Å². The highest BCUT2D eigenvalue weighted by Gasteiger charge is 2.51. The van der Waals surface area contributed by atoms with Crippen molar-refractivity contribution in [1.82, 2.24) is 5.32 Å². The van der Waals surface area contributed by atoms with Gasteiger partial charge in [0, 0.05) is 20.6 Å². The molecule has 0 aromatic heterocycles. The van der Waals surface area contributed by atoms with Crippen LogP contribution in [-0.4, -0.2) is 25.2 Å². The van der Waals surface area contributed by atoms with Crippen LogP contribution < -0.4 is 20.1 Å². The van der Waals surface area contributed by atoms with Gasteiger partial charge in [-0.2, -0.15) is 0 Å². The Hall–Kier alpha value is -3.80. The Morgan fingerprint density at radius 3 is 2.45 bits per heavy atom. The Bertz CT molecular complexity index is 1240. The molecular formula is C27H30N2O4. The van der Waals surface area contributed by atoms with Crippen molar-refractivity contribution in [2.45, 2.75) is 32.1 Å². The van der Waals surface area contributed by atoms with Crippen LogP contribution in [0, 0.1) is 6.92 Å². The first-order chi connectivity index (χ1) is 16.0. The minimum Gasteiger partial charge on any atom is -0.454 e. The standard InChI is InChI=1S/C27H26N2O4.2H2/c1-3-28-25(30)19-7-5-18(6-8-19)22-15-21(10-4-17(22)2)29-26(31)27(12-13-27)20-9-11-23-24(14-20)33-16-32-23;;/h4-11,14-15H,3,12-13,16H2,1-2H3,(H,28,30)(H,29,31);2*1H. The average molecular weight is 447 g/mol. The molecule has 1 heterocycles. The fraction of sp³-hybridized carbons (Fsp3) is 0.259. The topological polar surface area (TPSA) is 76.7 Å². The van der Waals surface area contributed by atoms with Crippen LogP contribution in [0.2, 0.25) is 0 Å². The van der Waals surface area contributed by atoms with Crippen molar-refractivity contribution in [3.8, 4) is 22.6 Å². The number of amides is 2. The number of aryl methyl sites for hydroxylation is 1. The molecule has 6 heteroatoms. The van der Waals surface area contributed by atoms with Gasteiger partial charge in [0.1, 0.15) is 0 Å². The molecule has 2 aliphatic rings. The molecule has 1 saturated carbocycles. The molecule has 3 aromatic carbocycles. The molecule has 0 unspecified atom stereocenters. The van der Waals surface area contributed by atoms with Crippen LogP contribution in [0.4, 0.5) is 5.69 Å². The van der Waals surface area contributed by atoms with E-state index in [1.807, 2.05) is 74.5 Å². The van der Waals surface area contributed by atoms with E-state index in [0.29, 0.717) is 17.9 Å². The van der Waals surface area contributed by atoms with Gasteiger partial charge in [-0.3, -0.25) is 9.59 Å². The number of ether oxygens (including phenoxy) is 2. The maximum Gasteiger partial charge on any atom is 0.251 e. The van der Waals surface area contributed by atoms with E-state index in [0.717, 1.165) is 46.5 Å². The summed E-state index contributed by atoms with van der Waals surface area (Å²) in [6.45, 7) is 4.74. The number of benzene rings is 3. The lowest BCUT2D eigenvalue weighted by molar-refractivity contribution is -0.118. The highest BCUT2D eigenvalue weighted by Crippen LogP contribution is 2.51. The predicted molar refractivity (Wildman–Crippen MR) is 131 cm³/mol. The molecule has 1 aliphatic carbocycles. The number of nitrogens with one attached hydrogen (secondary N) is 2. The van der Waals surface area contributed by atoms with E-state index in [1.165, 1.54) is 0 Å². The molecule has 0 atom stereocenters. The third kappa shape index (κ3) is 3.93. The highest BCUT2D eigenvalue weighted by molar-refractivity contribution is 6.02. The Balaban J connectivity index is 0.00000171. The van der Waals surface area contributed by atoms with E-state index in [9.17, 15) is 9.59 Å². The monoisotopic (exact) mass is 446 g/mol. The normalized spacial score (nSPS) is 15.1. The van der Waals surface area contributed by atoms with Gasteiger partial charge in [-0.05, 0) is 85.3 Å². The van der Waals surface area contributed by atoms with Crippen LogP contribution in [0.3, 0.4) is 0 Å². The molecule has 0 radical (unpaired) electrons. The van der Waals surface area contributed by atoms with Crippen molar-refractivity contribution < 1.29 is 21.9 Å². The third-order valence-electron chi connectivity index (χ3n) is 6.40. The van der Waals surface area contributed by atoms with Crippen molar-refractivity contribution >= 4 is 17.5 Å². The second-order valence-corrected chi connectivity index (χ2v) is 8.57. The Morgan fingerprint density at radius 2 is 1.73 bits per heavy atom. The molecule has 2 N–H and O–H groups in total. The number of fused-ring (bicyclic) bond motifs is 1. The SMILES string of the molecule is CCNC(=O)c1ccc(-c2cc(NC(=O)C3(c4ccc5c(c4)OCO5)CC3)ccc2C)cc1.[HH].[HH]. The van der Waals surface area contributed by atoms with Crippen molar-refractivity contribution in [3.63, 3.8) is 0 Å². The molecule has 0 spiro atoms. The van der Waals surface area contributed by atoms with E-state index in [4.69, 9.17) is 9.47 Å². The Labute approximate surface area is 195 Å². The van der Waals surface area contributed by atoms with Gasteiger partial charge in [0.2, 0.25) is 12.7 Å². The first-order valence-electron chi connectivity index (χ1n) is 11.2. The molecule has 172 valence electrons. The van der Waals surface area contributed by atoms with Gasteiger partial charge in [-0.15, -0.1) is 0 Å². The first-order valence-corrected chi connectivity index (χ1v) is 11.2. The molecule has 0 bridgehead atoms. The molecule has 33 heavy (non-hydrogen) atoms. The summed E-state index contributed by atoms with van der Waals surface area (Å²) in [4.78, 5) is 25.3. The maximum atomic E-state index is 13.3. The van der Waals surface area contributed by atoms with Crippen LogP contribution in [-0.2, 0) is 10.2 Å². The van der Waals surface area contributed by atoms with Crippen molar-refractivity contribution in [2.24, 2.45) is 0 Å². The summed E-state index contributed by atoms with van der Waals surface area (Å²) in [6, 6.07) is 19.2. The van der Waals surface area contributed by atoms with Gasteiger partial charge >= 0.3 is 0 Å². The average Bonchev–Trinajstić information content (AvgIpc) is 3.51. The highest BCUT2D eigenvalue weighted by atomic mass is 16.7. The molecule has 5 rings (SSSR count). The lowest BCUT2D eigenvalue weighted by atomic mass is 9.94. The second kappa shape index (κ2) is 8.28. The second-order valence-electron chi connectivity index (χ2n) is 8.57. The number of carbonyl (C=O) groups is 2. The van der Waals surface area contributed by atoms with Crippen LogP contribution in [0.25, 0.3) is 11.1 Å². The lowest BCUT2D eigenvalue weighted by Crippen LogP contribution is -2.27. The quantitative estimate of drug-likeness (QED) is 0.539. The summed E-state index contributed by atoms with van der Waals surface area (Å²) in [5, 5.41) is 5.93. The van der Waals surface area contributed by atoms with Crippen molar-refractivity contribution in [1.29, 1.82) is 0 Å². The van der Waals surface area contributed by atoms with Crippen LogP contribution in [0.15, 0.2) is 60.7 Å². The van der Waals surface area contributed by atoms with Gasteiger partial charge in [0.05, 0.1) is 5.41 Å². The Morgan fingerprint density at radius 1 is 0.970 bits per heavy atom. The zero-order valence-corrected chi connectivity index (χ0v) is 18.7. The molecule has 2 amide bonds. The van der Waals surface area contributed by atoms with Gasteiger partial charge in [-0.1, -0.05) is 24.3 Å². The van der Waals surface area contributed by atoms with E-state index in [-0.39, 0.29) is 21.5 Å². The van der Waals surface area contributed by atoms with Crippen LogP contribution in [0.1, 0.15) is 44.1 Å². The number of hydrogen-bond acceptors (Lipinski definition) is 4. The molecule has 1 fully saturated rings. The largest absolute Gasteiger partial charge is 0.454 e.